The predicted molar refractivity (Wildman–Crippen MR) is 92.2 cm³/mol. The smallest absolute Gasteiger partial charge is 0.343 e. The van der Waals surface area contributed by atoms with Gasteiger partial charge in [-0.05, 0) is 30.7 Å². The summed E-state index contributed by atoms with van der Waals surface area (Å²) < 4.78 is 16.2. The van der Waals surface area contributed by atoms with Crippen LogP contribution in [0.3, 0.4) is 0 Å². The Kier molecular flexibility index (Phi) is 4.34. The molecule has 0 amide bonds. The van der Waals surface area contributed by atoms with Gasteiger partial charge in [0.1, 0.15) is 5.56 Å². The predicted octanol–water partition coefficient (Wildman–Crippen LogP) is 3.42. The molecule has 1 heterocycles. The SMILES string of the molecule is CCN(C)c1ccc(C2OC(=O)c3c2ccc(OC)c3OC)cc1. The van der Waals surface area contributed by atoms with Crippen molar-refractivity contribution in [3.63, 3.8) is 0 Å². The number of hydrogen-bond acceptors (Lipinski definition) is 5. The standard InChI is InChI=1S/C19H21NO4/c1-5-20(2)13-8-6-12(7-9-13)17-14-10-11-15(22-3)18(23-4)16(14)19(21)24-17/h6-11,17H,5H2,1-4H3. The van der Waals surface area contributed by atoms with Crippen molar-refractivity contribution in [1.82, 2.24) is 0 Å². The maximum atomic E-state index is 12.4. The molecule has 24 heavy (non-hydrogen) atoms. The van der Waals surface area contributed by atoms with Crippen molar-refractivity contribution in [2.24, 2.45) is 0 Å². The molecule has 2 aromatic rings. The molecule has 1 atom stereocenters. The molecule has 3 rings (SSSR count). The number of hydrogen-bond donors (Lipinski definition) is 0. The lowest BCUT2D eigenvalue weighted by Gasteiger charge is -2.18. The normalized spacial score (nSPS) is 15.7. The number of rotatable bonds is 5. The summed E-state index contributed by atoms with van der Waals surface area (Å²) in [4.78, 5) is 14.5. The van der Waals surface area contributed by atoms with Crippen LogP contribution in [0.25, 0.3) is 0 Å². The molecule has 0 aromatic heterocycles. The Bertz CT molecular complexity index is 755. The highest BCUT2D eigenvalue weighted by Crippen LogP contribution is 2.44. The molecule has 5 heteroatoms. The number of carbonyl (C=O) groups is 1. The molecule has 5 nitrogen and oxygen atoms in total. The molecule has 0 saturated carbocycles. The first-order valence-corrected chi connectivity index (χ1v) is 7.87. The second-order valence-corrected chi connectivity index (χ2v) is 5.66. The molecular weight excluding hydrogens is 306 g/mol. The Morgan fingerprint density at radius 1 is 1.08 bits per heavy atom. The first-order valence-electron chi connectivity index (χ1n) is 7.87. The van der Waals surface area contributed by atoms with Crippen LogP contribution in [-0.2, 0) is 4.74 Å². The van der Waals surface area contributed by atoms with E-state index in [1.165, 1.54) is 7.11 Å². The summed E-state index contributed by atoms with van der Waals surface area (Å²) in [5.41, 5.74) is 3.30. The maximum absolute atomic E-state index is 12.4. The average molecular weight is 327 g/mol. The summed E-state index contributed by atoms with van der Waals surface area (Å²) in [6, 6.07) is 11.7. The summed E-state index contributed by atoms with van der Waals surface area (Å²) in [7, 11) is 5.11. The first-order chi connectivity index (χ1) is 11.6. The van der Waals surface area contributed by atoms with Crippen molar-refractivity contribution >= 4 is 11.7 Å². The number of benzene rings is 2. The lowest BCUT2D eigenvalue weighted by atomic mass is 9.98. The van der Waals surface area contributed by atoms with Gasteiger partial charge < -0.3 is 19.1 Å². The van der Waals surface area contributed by atoms with Crippen molar-refractivity contribution in [3.05, 3.63) is 53.1 Å². The summed E-state index contributed by atoms with van der Waals surface area (Å²) in [6.45, 7) is 3.03. The van der Waals surface area contributed by atoms with E-state index in [1.54, 1.807) is 13.2 Å². The van der Waals surface area contributed by atoms with Gasteiger partial charge in [-0.3, -0.25) is 0 Å². The van der Waals surface area contributed by atoms with Crippen LogP contribution in [0.15, 0.2) is 36.4 Å². The molecule has 0 spiro atoms. The molecule has 0 fully saturated rings. The fourth-order valence-electron chi connectivity index (χ4n) is 2.93. The highest BCUT2D eigenvalue weighted by atomic mass is 16.6. The van der Waals surface area contributed by atoms with Gasteiger partial charge in [-0.2, -0.15) is 0 Å². The molecule has 0 aliphatic carbocycles. The molecule has 2 aromatic carbocycles. The van der Waals surface area contributed by atoms with Gasteiger partial charge in [0.2, 0.25) is 0 Å². The molecule has 1 aliphatic rings. The zero-order valence-corrected chi connectivity index (χ0v) is 14.3. The monoisotopic (exact) mass is 327 g/mol. The number of esters is 1. The summed E-state index contributed by atoms with van der Waals surface area (Å²) in [5.74, 6) is 0.555. The van der Waals surface area contributed by atoms with Gasteiger partial charge in [0.25, 0.3) is 0 Å². The Hall–Kier alpha value is -2.69. The van der Waals surface area contributed by atoms with E-state index in [9.17, 15) is 4.79 Å². The fraction of sp³-hybridized carbons (Fsp3) is 0.316. The molecule has 0 bridgehead atoms. The van der Waals surface area contributed by atoms with Gasteiger partial charge in [0.05, 0.1) is 14.2 Å². The zero-order chi connectivity index (χ0) is 17.3. The van der Waals surface area contributed by atoms with Crippen molar-refractivity contribution in [1.29, 1.82) is 0 Å². The molecule has 0 saturated heterocycles. The van der Waals surface area contributed by atoms with Gasteiger partial charge in [0, 0.05) is 24.8 Å². The highest BCUT2D eigenvalue weighted by molar-refractivity contribution is 5.98. The highest BCUT2D eigenvalue weighted by Gasteiger charge is 2.36. The lowest BCUT2D eigenvalue weighted by Crippen LogP contribution is -2.15. The number of ether oxygens (including phenoxy) is 3. The maximum Gasteiger partial charge on any atom is 0.343 e. The number of nitrogens with zero attached hydrogens (tertiary/aromatic N) is 1. The molecule has 126 valence electrons. The van der Waals surface area contributed by atoms with E-state index in [4.69, 9.17) is 14.2 Å². The second-order valence-electron chi connectivity index (χ2n) is 5.66. The van der Waals surface area contributed by atoms with E-state index in [0.29, 0.717) is 17.1 Å². The van der Waals surface area contributed by atoms with Crippen LogP contribution in [0, 0.1) is 0 Å². The van der Waals surface area contributed by atoms with Crippen molar-refractivity contribution in [2.75, 3.05) is 32.7 Å². The molecule has 0 N–H and O–H groups in total. The van der Waals surface area contributed by atoms with Crippen molar-refractivity contribution in [2.45, 2.75) is 13.0 Å². The minimum atomic E-state index is -0.423. The fourth-order valence-corrected chi connectivity index (χ4v) is 2.93. The van der Waals surface area contributed by atoms with E-state index in [-0.39, 0.29) is 5.97 Å². The van der Waals surface area contributed by atoms with Gasteiger partial charge in [0.15, 0.2) is 17.6 Å². The van der Waals surface area contributed by atoms with Crippen molar-refractivity contribution in [3.8, 4) is 11.5 Å². The molecule has 1 unspecified atom stereocenters. The molecule has 0 radical (unpaired) electrons. The zero-order valence-electron chi connectivity index (χ0n) is 14.3. The summed E-state index contributed by atoms with van der Waals surface area (Å²) in [5, 5.41) is 0. The summed E-state index contributed by atoms with van der Waals surface area (Å²) >= 11 is 0. The Morgan fingerprint density at radius 3 is 2.38 bits per heavy atom. The van der Waals surface area contributed by atoms with Gasteiger partial charge in [-0.25, -0.2) is 4.79 Å². The largest absolute Gasteiger partial charge is 0.493 e. The third kappa shape index (κ3) is 2.56. The van der Waals surface area contributed by atoms with Crippen LogP contribution < -0.4 is 14.4 Å². The molecule has 1 aliphatic heterocycles. The first kappa shape index (κ1) is 16.2. The van der Waals surface area contributed by atoms with Gasteiger partial charge in [-0.1, -0.05) is 18.2 Å². The van der Waals surface area contributed by atoms with Gasteiger partial charge >= 0.3 is 5.97 Å². The van der Waals surface area contributed by atoms with E-state index < -0.39 is 6.10 Å². The van der Waals surface area contributed by atoms with Crippen LogP contribution in [0.1, 0.15) is 34.5 Å². The van der Waals surface area contributed by atoms with E-state index in [2.05, 4.69) is 11.8 Å². The number of carbonyl (C=O) groups excluding carboxylic acids is 1. The average Bonchev–Trinajstić information content (AvgIpc) is 2.97. The third-order valence-corrected chi connectivity index (χ3v) is 4.40. The Morgan fingerprint density at radius 2 is 1.79 bits per heavy atom. The topological polar surface area (TPSA) is 48.0 Å². The summed E-state index contributed by atoms with van der Waals surface area (Å²) in [6.07, 6.45) is -0.423. The lowest BCUT2D eigenvalue weighted by molar-refractivity contribution is 0.0453. The quantitative estimate of drug-likeness (QED) is 0.788. The van der Waals surface area contributed by atoms with E-state index >= 15 is 0 Å². The third-order valence-electron chi connectivity index (χ3n) is 4.40. The minimum Gasteiger partial charge on any atom is -0.493 e. The Balaban J connectivity index is 2.01. The van der Waals surface area contributed by atoms with E-state index in [1.807, 2.05) is 37.4 Å². The number of cyclic esters (lactones) is 1. The van der Waals surface area contributed by atoms with Crippen LogP contribution in [-0.4, -0.2) is 33.8 Å². The van der Waals surface area contributed by atoms with Crippen LogP contribution in [0.4, 0.5) is 5.69 Å². The van der Waals surface area contributed by atoms with Crippen LogP contribution in [0.2, 0.25) is 0 Å². The van der Waals surface area contributed by atoms with Crippen molar-refractivity contribution < 1.29 is 19.0 Å². The van der Waals surface area contributed by atoms with E-state index in [0.717, 1.165) is 23.4 Å². The minimum absolute atomic E-state index is 0.388. The molecular formula is C19H21NO4. The number of anilines is 1. The Labute approximate surface area is 141 Å². The van der Waals surface area contributed by atoms with Crippen LogP contribution >= 0.6 is 0 Å². The van der Waals surface area contributed by atoms with Gasteiger partial charge in [-0.15, -0.1) is 0 Å². The number of fused-ring (bicyclic) bond motifs is 1. The number of methoxy groups -OCH3 is 2. The second kappa shape index (κ2) is 6.43. The van der Waals surface area contributed by atoms with Crippen LogP contribution in [0.5, 0.6) is 11.5 Å².